The van der Waals surface area contributed by atoms with E-state index in [-0.39, 0.29) is 5.91 Å². The van der Waals surface area contributed by atoms with Gasteiger partial charge in [-0.25, -0.2) is 0 Å². The van der Waals surface area contributed by atoms with Crippen LogP contribution in [-0.4, -0.2) is 5.91 Å². The third-order valence-corrected chi connectivity index (χ3v) is 3.94. The molecular formula is C16H16INO. The van der Waals surface area contributed by atoms with Crippen molar-refractivity contribution in [1.29, 1.82) is 0 Å². The van der Waals surface area contributed by atoms with E-state index < -0.39 is 0 Å². The van der Waals surface area contributed by atoms with Gasteiger partial charge in [-0.2, -0.15) is 0 Å². The Kier molecular flexibility index (Phi) is 4.96. The molecule has 1 amide bonds. The maximum atomic E-state index is 12.0. The number of amides is 1. The number of benzene rings is 2. The topological polar surface area (TPSA) is 29.1 Å². The average molecular weight is 365 g/mol. The van der Waals surface area contributed by atoms with Crippen molar-refractivity contribution in [1.82, 2.24) is 5.32 Å². The van der Waals surface area contributed by atoms with Gasteiger partial charge in [0, 0.05) is 10.1 Å². The van der Waals surface area contributed by atoms with Crippen molar-refractivity contribution in [3.63, 3.8) is 0 Å². The summed E-state index contributed by atoms with van der Waals surface area (Å²) >= 11 is 2.18. The molecule has 2 nitrogen and oxygen atoms in total. The molecule has 0 aromatic heterocycles. The lowest BCUT2D eigenvalue weighted by atomic mass is 10.1. The van der Waals surface area contributed by atoms with E-state index in [1.807, 2.05) is 24.3 Å². The zero-order valence-corrected chi connectivity index (χ0v) is 13.0. The Morgan fingerprint density at radius 1 is 1.05 bits per heavy atom. The Morgan fingerprint density at radius 3 is 2.32 bits per heavy atom. The molecule has 2 aromatic rings. The molecule has 0 heterocycles. The van der Waals surface area contributed by atoms with Crippen LogP contribution in [0.1, 0.15) is 28.4 Å². The number of hydrogen-bond donors (Lipinski definition) is 1. The van der Waals surface area contributed by atoms with Crippen LogP contribution >= 0.6 is 22.6 Å². The van der Waals surface area contributed by atoms with Crippen LogP contribution < -0.4 is 5.32 Å². The third-order valence-electron chi connectivity index (χ3n) is 3.00. The molecule has 98 valence electrons. The summed E-state index contributed by atoms with van der Waals surface area (Å²) in [7, 11) is 0. The summed E-state index contributed by atoms with van der Waals surface area (Å²) in [6, 6.07) is 15.9. The van der Waals surface area contributed by atoms with E-state index in [4.69, 9.17) is 0 Å². The predicted octanol–water partition coefficient (Wildman–Crippen LogP) is 3.78. The molecule has 0 bridgehead atoms. The third kappa shape index (κ3) is 3.80. The highest BCUT2D eigenvalue weighted by Gasteiger charge is 2.08. The monoisotopic (exact) mass is 365 g/mol. The van der Waals surface area contributed by atoms with Gasteiger partial charge in [0.25, 0.3) is 5.91 Å². The summed E-state index contributed by atoms with van der Waals surface area (Å²) in [5.74, 6) is -0.0235. The van der Waals surface area contributed by atoms with Crippen molar-refractivity contribution in [2.24, 2.45) is 0 Å². The van der Waals surface area contributed by atoms with E-state index in [1.54, 1.807) is 0 Å². The van der Waals surface area contributed by atoms with E-state index in [0.717, 1.165) is 21.1 Å². The summed E-state index contributed by atoms with van der Waals surface area (Å²) in [4.78, 5) is 12.0. The molecule has 0 spiro atoms. The standard InChI is InChI=1S/C16H16INO/c1-2-12-7-9-13(10-8-12)11-18-16(19)14-5-3-4-6-15(14)17/h3-10H,2,11H2,1H3,(H,18,19). The molecule has 2 rings (SSSR count). The minimum absolute atomic E-state index is 0.0235. The number of hydrogen-bond acceptors (Lipinski definition) is 1. The van der Waals surface area contributed by atoms with E-state index in [9.17, 15) is 4.79 Å². The lowest BCUT2D eigenvalue weighted by molar-refractivity contribution is 0.0950. The SMILES string of the molecule is CCc1ccc(CNC(=O)c2ccccc2I)cc1. The summed E-state index contributed by atoms with van der Waals surface area (Å²) in [6.07, 6.45) is 1.04. The van der Waals surface area contributed by atoms with Gasteiger partial charge in [0.15, 0.2) is 0 Å². The zero-order chi connectivity index (χ0) is 13.7. The van der Waals surface area contributed by atoms with Crippen LogP contribution in [0.2, 0.25) is 0 Å². The molecule has 3 heteroatoms. The number of carbonyl (C=O) groups is 1. The Balaban J connectivity index is 1.98. The fourth-order valence-electron chi connectivity index (χ4n) is 1.82. The molecule has 1 N–H and O–H groups in total. The first-order chi connectivity index (χ1) is 9.20. The van der Waals surface area contributed by atoms with Crippen molar-refractivity contribution in [2.75, 3.05) is 0 Å². The van der Waals surface area contributed by atoms with Gasteiger partial charge in [0.2, 0.25) is 0 Å². The number of nitrogens with one attached hydrogen (secondary N) is 1. The fraction of sp³-hybridized carbons (Fsp3) is 0.188. The van der Waals surface area contributed by atoms with Gasteiger partial charge in [-0.3, -0.25) is 4.79 Å². The summed E-state index contributed by atoms with van der Waals surface area (Å²) < 4.78 is 0.971. The molecule has 0 aliphatic heterocycles. The predicted molar refractivity (Wildman–Crippen MR) is 86.1 cm³/mol. The highest BCUT2D eigenvalue weighted by molar-refractivity contribution is 14.1. The van der Waals surface area contributed by atoms with Crippen LogP contribution in [-0.2, 0) is 13.0 Å². The number of halogens is 1. The molecule has 0 fully saturated rings. The normalized spacial score (nSPS) is 10.2. The molecule has 0 atom stereocenters. The Bertz CT molecular complexity index is 563. The lowest BCUT2D eigenvalue weighted by Gasteiger charge is -2.07. The van der Waals surface area contributed by atoms with Crippen molar-refractivity contribution in [3.8, 4) is 0 Å². The van der Waals surface area contributed by atoms with Gasteiger partial charge in [0.1, 0.15) is 0 Å². The van der Waals surface area contributed by atoms with Crippen molar-refractivity contribution >= 4 is 28.5 Å². The quantitative estimate of drug-likeness (QED) is 0.821. The molecule has 0 saturated heterocycles. The first-order valence-corrected chi connectivity index (χ1v) is 7.39. The van der Waals surface area contributed by atoms with Crippen LogP contribution in [0.5, 0.6) is 0 Å². The van der Waals surface area contributed by atoms with E-state index >= 15 is 0 Å². The maximum Gasteiger partial charge on any atom is 0.252 e. The molecular weight excluding hydrogens is 349 g/mol. The van der Waals surface area contributed by atoms with Crippen LogP contribution in [0, 0.1) is 3.57 Å². The van der Waals surface area contributed by atoms with Gasteiger partial charge in [0.05, 0.1) is 5.56 Å². The fourth-order valence-corrected chi connectivity index (χ4v) is 2.45. The van der Waals surface area contributed by atoms with Gasteiger partial charge in [-0.15, -0.1) is 0 Å². The lowest BCUT2D eigenvalue weighted by Crippen LogP contribution is -2.23. The molecule has 0 unspecified atom stereocenters. The maximum absolute atomic E-state index is 12.0. The van der Waals surface area contributed by atoms with Crippen LogP contribution in [0.25, 0.3) is 0 Å². The first kappa shape index (κ1) is 14.1. The Hall–Kier alpha value is -1.36. The number of aryl methyl sites for hydroxylation is 1. The molecule has 0 aliphatic rings. The summed E-state index contributed by atoms with van der Waals surface area (Å²) in [6.45, 7) is 2.70. The molecule has 0 saturated carbocycles. The van der Waals surface area contributed by atoms with Crippen molar-refractivity contribution < 1.29 is 4.79 Å². The van der Waals surface area contributed by atoms with E-state index in [0.29, 0.717) is 6.54 Å². The highest BCUT2D eigenvalue weighted by atomic mass is 127. The molecule has 2 aromatic carbocycles. The summed E-state index contributed by atoms with van der Waals surface area (Å²) in [5, 5.41) is 2.95. The Labute approximate surface area is 127 Å². The molecule has 0 radical (unpaired) electrons. The number of carbonyl (C=O) groups excluding carboxylic acids is 1. The van der Waals surface area contributed by atoms with Crippen LogP contribution in [0.3, 0.4) is 0 Å². The van der Waals surface area contributed by atoms with Crippen LogP contribution in [0.4, 0.5) is 0 Å². The molecule has 0 aliphatic carbocycles. The second-order valence-electron chi connectivity index (χ2n) is 4.33. The minimum Gasteiger partial charge on any atom is -0.348 e. The van der Waals surface area contributed by atoms with Crippen LogP contribution in [0.15, 0.2) is 48.5 Å². The van der Waals surface area contributed by atoms with Gasteiger partial charge < -0.3 is 5.32 Å². The highest BCUT2D eigenvalue weighted by Crippen LogP contribution is 2.11. The minimum atomic E-state index is -0.0235. The average Bonchev–Trinajstić information content (AvgIpc) is 2.46. The van der Waals surface area contributed by atoms with E-state index in [2.05, 4.69) is 59.1 Å². The van der Waals surface area contributed by atoms with Gasteiger partial charge in [-0.05, 0) is 52.3 Å². The van der Waals surface area contributed by atoms with E-state index in [1.165, 1.54) is 5.56 Å². The number of rotatable bonds is 4. The van der Waals surface area contributed by atoms with Crippen molar-refractivity contribution in [2.45, 2.75) is 19.9 Å². The van der Waals surface area contributed by atoms with Gasteiger partial charge >= 0.3 is 0 Å². The second-order valence-corrected chi connectivity index (χ2v) is 5.49. The molecule has 19 heavy (non-hydrogen) atoms. The van der Waals surface area contributed by atoms with Crippen molar-refractivity contribution in [3.05, 3.63) is 68.8 Å². The smallest absolute Gasteiger partial charge is 0.252 e. The summed E-state index contributed by atoms with van der Waals surface area (Å²) in [5.41, 5.74) is 3.16. The zero-order valence-electron chi connectivity index (χ0n) is 10.8. The largest absolute Gasteiger partial charge is 0.348 e. The Morgan fingerprint density at radius 2 is 1.68 bits per heavy atom. The first-order valence-electron chi connectivity index (χ1n) is 6.31. The van der Waals surface area contributed by atoms with Gasteiger partial charge in [-0.1, -0.05) is 43.3 Å². The second kappa shape index (κ2) is 6.70.